The van der Waals surface area contributed by atoms with Crippen molar-refractivity contribution in [1.29, 1.82) is 0 Å². The Labute approximate surface area is 86.9 Å². The first kappa shape index (κ1) is 10.3. The third-order valence-electron chi connectivity index (χ3n) is 2.09. The minimum absolute atomic E-state index is 0.202. The summed E-state index contributed by atoms with van der Waals surface area (Å²) in [4.78, 5) is 13.3. The van der Waals surface area contributed by atoms with E-state index in [-0.39, 0.29) is 5.91 Å². The van der Waals surface area contributed by atoms with Crippen molar-refractivity contribution < 1.29 is 4.79 Å². The Hall–Kier alpha value is -0.750. The number of carbonyl (C=O) groups excluding carboxylic acids is 1. The molecule has 13 heavy (non-hydrogen) atoms. The van der Waals surface area contributed by atoms with E-state index in [0.29, 0.717) is 5.92 Å². The number of amides is 1. The summed E-state index contributed by atoms with van der Waals surface area (Å²) in [7, 11) is 0. The number of hydrogen-bond donors (Lipinski definition) is 1. The van der Waals surface area contributed by atoms with Crippen molar-refractivity contribution in [3.8, 4) is 10.8 Å². The van der Waals surface area contributed by atoms with Crippen LogP contribution in [0.25, 0.3) is 0 Å². The second kappa shape index (κ2) is 5.82. The number of halogens is 1. The van der Waals surface area contributed by atoms with Gasteiger partial charge in [-0.1, -0.05) is 12.2 Å². The van der Waals surface area contributed by atoms with Gasteiger partial charge in [-0.15, -0.1) is 0 Å². The highest BCUT2D eigenvalue weighted by Crippen LogP contribution is 2.16. The van der Waals surface area contributed by atoms with Crippen LogP contribution < -0.4 is 5.32 Å². The van der Waals surface area contributed by atoms with Crippen LogP contribution in [0.4, 0.5) is 0 Å². The normalized spacial score (nSPS) is 20.2. The Morgan fingerprint density at radius 3 is 3.08 bits per heavy atom. The molecule has 0 aromatic rings. The Bertz CT molecular complexity index is 262. The molecular weight excluding hydrogens is 230 g/mol. The Morgan fingerprint density at radius 1 is 1.62 bits per heavy atom. The second-order valence-electron chi connectivity index (χ2n) is 3.08. The van der Waals surface area contributed by atoms with Crippen molar-refractivity contribution in [3.63, 3.8) is 0 Å². The molecule has 70 valence electrons. The van der Waals surface area contributed by atoms with Crippen molar-refractivity contribution in [1.82, 2.24) is 5.32 Å². The maximum absolute atomic E-state index is 11.0. The fourth-order valence-electron chi connectivity index (χ4n) is 1.37. The summed E-state index contributed by atoms with van der Waals surface area (Å²) < 4.78 is 0. The van der Waals surface area contributed by atoms with E-state index in [0.717, 1.165) is 19.4 Å². The molecule has 0 aromatic heterocycles. The molecule has 0 aromatic carbocycles. The molecule has 2 nitrogen and oxygen atoms in total. The molecule has 1 unspecified atom stereocenters. The molecule has 1 N–H and O–H groups in total. The van der Waals surface area contributed by atoms with Crippen LogP contribution in [-0.4, -0.2) is 12.5 Å². The molecule has 3 heteroatoms. The van der Waals surface area contributed by atoms with Crippen LogP contribution in [0, 0.1) is 16.7 Å². The molecule has 1 rings (SSSR count). The number of allylic oxidation sites excluding steroid dienone is 2. The van der Waals surface area contributed by atoms with Crippen molar-refractivity contribution in [3.05, 3.63) is 12.2 Å². The summed E-state index contributed by atoms with van der Waals surface area (Å²) in [6.07, 6.45) is 7.73. The van der Waals surface area contributed by atoms with Gasteiger partial charge in [0.2, 0.25) is 0 Å². The lowest BCUT2D eigenvalue weighted by atomic mass is 9.94. The van der Waals surface area contributed by atoms with Gasteiger partial charge in [0.25, 0.3) is 5.91 Å². The van der Waals surface area contributed by atoms with Crippen LogP contribution in [0.3, 0.4) is 0 Å². The topological polar surface area (TPSA) is 29.1 Å². The van der Waals surface area contributed by atoms with E-state index in [2.05, 4.69) is 44.1 Å². The van der Waals surface area contributed by atoms with Crippen molar-refractivity contribution in [2.45, 2.75) is 19.3 Å². The van der Waals surface area contributed by atoms with Gasteiger partial charge >= 0.3 is 0 Å². The molecule has 0 bridgehead atoms. The summed E-state index contributed by atoms with van der Waals surface area (Å²) in [5.74, 6) is 2.77. The average molecular weight is 242 g/mol. The van der Waals surface area contributed by atoms with Crippen LogP contribution >= 0.6 is 15.9 Å². The minimum Gasteiger partial charge on any atom is -0.345 e. The predicted molar refractivity (Wildman–Crippen MR) is 56.2 cm³/mol. The monoisotopic (exact) mass is 241 g/mol. The number of rotatable bonds is 2. The molecule has 0 saturated carbocycles. The smallest absolute Gasteiger partial charge is 0.296 e. The highest BCUT2D eigenvalue weighted by molar-refractivity contribution is 9.12. The van der Waals surface area contributed by atoms with Gasteiger partial charge in [0.05, 0.1) is 0 Å². The van der Waals surface area contributed by atoms with Gasteiger partial charge in [-0.2, -0.15) is 0 Å². The molecule has 1 aliphatic rings. The average Bonchev–Trinajstić information content (AvgIpc) is 2.17. The first-order valence-electron chi connectivity index (χ1n) is 4.37. The third-order valence-corrected chi connectivity index (χ3v) is 2.29. The predicted octanol–water partition coefficient (Wildman–Crippen LogP) is 1.81. The van der Waals surface area contributed by atoms with Gasteiger partial charge in [0.15, 0.2) is 0 Å². The minimum atomic E-state index is -0.202. The zero-order chi connectivity index (χ0) is 9.52. The van der Waals surface area contributed by atoms with Crippen molar-refractivity contribution in [2.75, 3.05) is 6.54 Å². The Balaban J connectivity index is 2.20. The lowest BCUT2D eigenvalue weighted by Crippen LogP contribution is -2.28. The van der Waals surface area contributed by atoms with Crippen LogP contribution in [-0.2, 0) is 4.79 Å². The quantitative estimate of drug-likeness (QED) is 0.580. The first-order valence-corrected chi connectivity index (χ1v) is 5.16. The van der Waals surface area contributed by atoms with Crippen molar-refractivity contribution >= 4 is 21.8 Å². The molecular formula is C10H12BrNO. The van der Waals surface area contributed by atoms with E-state index in [9.17, 15) is 4.79 Å². The highest BCUT2D eigenvalue weighted by atomic mass is 79.9. The summed E-state index contributed by atoms with van der Waals surface area (Å²) in [6, 6.07) is 0. The molecule has 1 aliphatic carbocycles. The van der Waals surface area contributed by atoms with E-state index in [1.165, 1.54) is 6.42 Å². The molecule has 0 fully saturated rings. The number of nitrogens with one attached hydrogen (secondary N) is 1. The Morgan fingerprint density at radius 2 is 2.46 bits per heavy atom. The zero-order valence-electron chi connectivity index (χ0n) is 7.35. The molecule has 0 spiro atoms. The van der Waals surface area contributed by atoms with Gasteiger partial charge in [-0.05, 0) is 30.0 Å². The van der Waals surface area contributed by atoms with E-state index in [4.69, 9.17) is 0 Å². The summed E-state index contributed by atoms with van der Waals surface area (Å²) in [5.41, 5.74) is 0. The van der Waals surface area contributed by atoms with E-state index >= 15 is 0 Å². The number of hydrogen-bond acceptors (Lipinski definition) is 1. The molecule has 1 atom stereocenters. The fourth-order valence-corrected chi connectivity index (χ4v) is 1.55. The molecule has 1 amide bonds. The standard InChI is InChI=1S/C10H12BrNO/c11-7-6-10(13)12-8-9-4-2-1-3-5-9/h1-2,9H,3-5,8H2,(H,12,13). The summed E-state index contributed by atoms with van der Waals surface area (Å²) in [5, 5.41) is 2.78. The summed E-state index contributed by atoms with van der Waals surface area (Å²) >= 11 is 2.88. The molecule has 0 heterocycles. The Kier molecular flexibility index (Phi) is 4.63. The van der Waals surface area contributed by atoms with Gasteiger partial charge in [0, 0.05) is 28.4 Å². The molecule has 0 radical (unpaired) electrons. The van der Waals surface area contributed by atoms with E-state index < -0.39 is 0 Å². The van der Waals surface area contributed by atoms with Gasteiger partial charge in [-0.25, -0.2) is 0 Å². The van der Waals surface area contributed by atoms with E-state index in [1.54, 1.807) is 0 Å². The van der Waals surface area contributed by atoms with Crippen LogP contribution in [0.5, 0.6) is 0 Å². The van der Waals surface area contributed by atoms with Crippen LogP contribution in [0.1, 0.15) is 19.3 Å². The first-order chi connectivity index (χ1) is 6.33. The van der Waals surface area contributed by atoms with Gasteiger partial charge < -0.3 is 5.32 Å². The lowest BCUT2D eigenvalue weighted by molar-refractivity contribution is -0.115. The highest BCUT2D eigenvalue weighted by Gasteiger charge is 2.09. The van der Waals surface area contributed by atoms with Gasteiger partial charge in [-0.3, -0.25) is 4.79 Å². The van der Waals surface area contributed by atoms with Gasteiger partial charge in [0.1, 0.15) is 0 Å². The summed E-state index contributed by atoms with van der Waals surface area (Å²) in [6.45, 7) is 0.741. The fraction of sp³-hybridized carbons (Fsp3) is 0.500. The number of carbonyl (C=O) groups is 1. The zero-order valence-corrected chi connectivity index (χ0v) is 8.93. The maximum atomic E-state index is 11.0. The van der Waals surface area contributed by atoms with Crippen molar-refractivity contribution in [2.24, 2.45) is 5.92 Å². The van der Waals surface area contributed by atoms with Crippen LogP contribution in [0.15, 0.2) is 12.2 Å². The molecule has 0 aliphatic heterocycles. The molecule has 0 saturated heterocycles. The SMILES string of the molecule is O=C(C#CBr)NCC1CC=CCC1. The van der Waals surface area contributed by atoms with Crippen LogP contribution in [0.2, 0.25) is 0 Å². The maximum Gasteiger partial charge on any atom is 0.296 e. The third kappa shape index (κ3) is 4.14. The second-order valence-corrected chi connectivity index (χ2v) is 3.48. The largest absolute Gasteiger partial charge is 0.345 e. The van der Waals surface area contributed by atoms with E-state index in [1.807, 2.05) is 0 Å². The lowest BCUT2D eigenvalue weighted by Gasteiger charge is -2.16.